The number of allylic oxidation sites excluding steroid dienone is 8. The number of hydrogen-bond donors (Lipinski definition) is 2. The second-order valence-corrected chi connectivity index (χ2v) is 5.94. The second-order valence-electron chi connectivity index (χ2n) is 5.94. The van der Waals surface area contributed by atoms with Gasteiger partial charge in [0.2, 0.25) is 0 Å². The number of unbranched alkanes of at least 4 members (excludes halogenated alkanes) is 5. The largest absolute Gasteiger partial charge is 0.513 e. The van der Waals surface area contributed by atoms with E-state index in [1.54, 1.807) is 0 Å². The lowest BCUT2D eigenvalue weighted by atomic mass is 10.1. The van der Waals surface area contributed by atoms with Crippen molar-refractivity contribution in [3.05, 3.63) is 48.3 Å². The summed E-state index contributed by atoms with van der Waals surface area (Å²) in [5.74, 6) is -0.206. The Balaban J connectivity index is 3.57. The van der Waals surface area contributed by atoms with E-state index in [0.29, 0.717) is 5.76 Å². The van der Waals surface area contributed by atoms with Crippen LogP contribution in [-0.2, 0) is 4.79 Å². The number of rotatable bonds is 15. The molecule has 0 amide bonds. The average molecular weight is 335 g/mol. The second kappa shape index (κ2) is 17.6. The van der Waals surface area contributed by atoms with Gasteiger partial charge in [-0.3, -0.25) is 4.79 Å². The summed E-state index contributed by atoms with van der Waals surface area (Å²) in [6.07, 6.45) is 24.3. The summed E-state index contributed by atoms with van der Waals surface area (Å²) >= 11 is 0. The number of carbonyl (C=O) groups is 1. The van der Waals surface area contributed by atoms with Gasteiger partial charge in [-0.25, -0.2) is 0 Å². The molecule has 0 aliphatic carbocycles. The van der Waals surface area contributed by atoms with E-state index < -0.39 is 5.97 Å². The van der Waals surface area contributed by atoms with E-state index in [0.717, 1.165) is 44.9 Å². The van der Waals surface area contributed by atoms with Gasteiger partial charge in [0.05, 0.1) is 5.76 Å². The molecule has 0 aromatic heterocycles. The highest BCUT2D eigenvalue weighted by Gasteiger charge is 1.94. The van der Waals surface area contributed by atoms with Crippen molar-refractivity contribution in [2.75, 3.05) is 0 Å². The minimum atomic E-state index is -0.717. The highest BCUT2D eigenvalue weighted by Crippen LogP contribution is 2.08. The number of hydrogen-bond acceptors (Lipinski definition) is 2. The molecule has 24 heavy (non-hydrogen) atoms. The molecule has 3 nitrogen and oxygen atoms in total. The fourth-order valence-corrected chi connectivity index (χ4v) is 2.18. The summed E-state index contributed by atoms with van der Waals surface area (Å²) in [6.45, 7) is 2.19. The predicted octanol–water partition coefficient (Wildman–Crippen LogP) is 6.49. The standard InChI is InChI=1S/C21H34O3/c1-2-3-4-14-17-20(22)18-15-12-10-8-6-5-7-9-11-13-16-19-21(23)24/h5-7,9-10,12,18,22H,2-4,8,11,13-17,19H2,1H3,(H,23,24)/b6-5-,9-7+,12-10-,20-18+. The summed E-state index contributed by atoms with van der Waals surface area (Å²) in [7, 11) is 0. The average Bonchev–Trinajstić information content (AvgIpc) is 2.55. The van der Waals surface area contributed by atoms with Crippen molar-refractivity contribution in [3.8, 4) is 0 Å². The summed E-state index contributed by atoms with van der Waals surface area (Å²) in [4.78, 5) is 10.3. The number of carboxylic acids is 1. The third-order valence-corrected chi connectivity index (χ3v) is 3.61. The molecule has 0 spiro atoms. The molecule has 0 radical (unpaired) electrons. The highest BCUT2D eigenvalue weighted by atomic mass is 16.4. The Labute approximate surface area is 147 Å². The van der Waals surface area contributed by atoms with Crippen LogP contribution in [0.4, 0.5) is 0 Å². The number of aliphatic hydroxyl groups is 1. The molecule has 0 aromatic rings. The summed E-state index contributed by atoms with van der Waals surface area (Å²) in [6, 6.07) is 0. The van der Waals surface area contributed by atoms with Crippen molar-refractivity contribution in [3.63, 3.8) is 0 Å². The molecule has 0 bridgehead atoms. The first kappa shape index (κ1) is 22.2. The van der Waals surface area contributed by atoms with Crippen LogP contribution in [0, 0.1) is 0 Å². The monoisotopic (exact) mass is 334 g/mol. The van der Waals surface area contributed by atoms with Gasteiger partial charge in [0.1, 0.15) is 0 Å². The molecule has 0 aliphatic rings. The van der Waals surface area contributed by atoms with Gasteiger partial charge in [-0.15, -0.1) is 0 Å². The molecule has 0 fully saturated rings. The van der Waals surface area contributed by atoms with Crippen LogP contribution in [0.1, 0.15) is 77.6 Å². The van der Waals surface area contributed by atoms with Gasteiger partial charge in [-0.2, -0.15) is 0 Å². The van der Waals surface area contributed by atoms with Gasteiger partial charge in [0.15, 0.2) is 0 Å². The van der Waals surface area contributed by atoms with Crippen LogP contribution < -0.4 is 0 Å². The molecular formula is C21H34O3. The summed E-state index contributed by atoms with van der Waals surface area (Å²) < 4.78 is 0. The van der Waals surface area contributed by atoms with Crippen molar-refractivity contribution in [1.82, 2.24) is 0 Å². The Morgan fingerprint density at radius 3 is 2.25 bits per heavy atom. The van der Waals surface area contributed by atoms with E-state index in [1.807, 2.05) is 18.2 Å². The molecule has 0 saturated carbocycles. The van der Waals surface area contributed by atoms with Crippen molar-refractivity contribution in [2.45, 2.75) is 77.6 Å². The number of aliphatic carboxylic acids is 1. The van der Waals surface area contributed by atoms with Gasteiger partial charge in [-0.1, -0.05) is 62.6 Å². The molecular weight excluding hydrogens is 300 g/mol. The molecule has 0 saturated heterocycles. The quantitative estimate of drug-likeness (QED) is 0.156. The number of aliphatic hydroxyl groups excluding tert-OH is 1. The fourth-order valence-electron chi connectivity index (χ4n) is 2.18. The maximum atomic E-state index is 10.3. The fraction of sp³-hybridized carbons (Fsp3) is 0.571. The zero-order chi connectivity index (χ0) is 17.9. The first-order chi connectivity index (χ1) is 11.7. The zero-order valence-corrected chi connectivity index (χ0v) is 15.1. The Bertz CT molecular complexity index is 417. The zero-order valence-electron chi connectivity index (χ0n) is 15.1. The topological polar surface area (TPSA) is 57.5 Å². The molecule has 0 heterocycles. The normalized spacial score (nSPS) is 12.8. The first-order valence-corrected chi connectivity index (χ1v) is 9.23. The summed E-state index contributed by atoms with van der Waals surface area (Å²) in [5, 5.41) is 18.2. The summed E-state index contributed by atoms with van der Waals surface area (Å²) in [5.41, 5.74) is 0. The van der Waals surface area contributed by atoms with E-state index >= 15 is 0 Å². The van der Waals surface area contributed by atoms with Crippen LogP contribution in [0.2, 0.25) is 0 Å². The third kappa shape index (κ3) is 18.3. The lowest BCUT2D eigenvalue weighted by Gasteiger charge is -1.99. The van der Waals surface area contributed by atoms with Crippen molar-refractivity contribution < 1.29 is 15.0 Å². The molecule has 136 valence electrons. The van der Waals surface area contributed by atoms with Crippen molar-refractivity contribution >= 4 is 5.97 Å². The minimum absolute atomic E-state index is 0.261. The molecule has 0 aliphatic heterocycles. The van der Waals surface area contributed by atoms with Crippen molar-refractivity contribution in [2.24, 2.45) is 0 Å². The van der Waals surface area contributed by atoms with Gasteiger partial charge >= 0.3 is 5.97 Å². The van der Waals surface area contributed by atoms with E-state index in [4.69, 9.17) is 5.11 Å². The lowest BCUT2D eigenvalue weighted by molar-refractivity contribution is -0.137. The third-order valence-electron chi connectivity index (χ3n) is 3.61. The van der Waals surface area contributed by atoms with Crippen LogP contribution in [0.25, 0.3) is 0 Å². The van der Waals surface area contributed by atoms with Gasteiger partial charge in [0, 0.05) is 12.8 Å². The Morgan fingerprint density at radius 2 is 1.50 bits per heavy atom. The first-order valence-electron chi connectivity index (χ1n) is 9.23. The van der Waals surface area contributed by atoms with Gasteiger partial charge < -0.3 is 10.2 Å². The highest BCUT2D eigenvalue weighted by molar-refractivity contribution is 5.66. The maximum Gasteiger partial charge on any atom is 0.303 e. The molecule has 2 N–H and O–H groups in total. The van der Waals surface area contributed by atoms with E-state index in [-0.39, 0.29) is 6.42 Å². The van der Waals surface area contributed by atoms with Crippen LogP contribution in [-0.4, -0.2) is 16.2 Å². The SMILES string of the molecule is CCCCCC/C(O)=C\C/C=C\C/C=C\C=C\CCCCC(=O)O. The van der Waals surface area contributed by atoms with E-state index in [1.165, 1.54) is 19.3 Å². The van der Waals surface area contributed by atoms with Crippen molar-refractivity contribution in [1.29, 1.82) is 0 Å². The molecule has 0 unspecified atom stereocenters. The Kier molecular flexibility index (Phi) is 16.3. The van der Waals surface area contributed by atoms with Crippen LogP contribution in [0.3, 0.4) is 0 Å². The maximum absolute atomic E-state index is 10.3. The minimum Gasteiger partial charge on any atom is -0.513 e. The van der Waals surface area contributed by atoms with E-state index in [2.05, 4.69) is 31.2 Å². The van der Waals surface area contributed by atoms with Crippen LogP contribution >= 0.6 is 0 Å². The van der Waals surface area contributed by atoms with Crippen LogP contribution in [0.15, 0.2) is 48.3 Å². The van der Waals surface area contributed by atoms with Gasteiger partial charge in [-0.05, 0) is 44.6 Å². The Hall–Kier alpha value is -1.77. The molecule has 0 atom stereocenters. The number of carboxylic acid groups (broad SMARTS) is 1. The Morgan fingerprint density at radius 1 is 0.792 bits per heavy atom. The smallest absolute Gasteiger partial charge is 0.303 e. The molecule has 0 aromatic carbocycles. The molecule has 0 rings (SSSR count). The van der Waals surface area contributed by atoms with Gasteiger partial charge in [0.25, 0.3) is 0 Å². The molecule has 3 heteroatoms. The predicted molar refractivity (Wildman–Crippen MR) is 102 cm³/mol. The van der Waals surface area contributed by atoms with Crippen LogP contribution in [0.5, 0.6) is 0 Å². The van der Waals surface area contributed by atoms with E-state index in [9.17, 15) is 9.90 Å². The lowest BCUT2D eigenvalue weighted by Crippen LogP contribution is -1.92.